The highest BCUT2D eigenvalue weighted by atomic mass is 35.5. The van der Waals surface area contributed by atoms with E-state index in [1.807, 2.05) is 58.3 Å². The zero-order chi connectivity index (χ0) is 20.2. The second-order valence-corrected chi connectivity index (χ2v) is 8.06. The molecule has 0 amide bonds. The van der Waals surface area contributed by atoms with Gasteiger partial charge >= 0.3 is 0 Å². The Kier molecular flexibility index (Phi) is 7.35. The van der Waals surface area contributed by atoms with Crippen molar-refractivity contribution in [3.8, 4) is 5.75 Å². The molecule has 0 bridgehead atoms. The molecule has 2 aromatic carbocycles. The molecule has 2 atom stereocenters. The molecule has 27 heavy (non-hydrogen) atoms. The second kappa shape index (κ2) is 9.11. The van der Waals surface area contributed by atoms with Crippen molar-refractivity contribution in [1.82, 2.24) is 4.90 Å². The highest BCUT2D eigenvalue weighted by molar-refractivity contribution is 6.34. The molecular weight excluding hydrogens is 381 g/mol. The third-order valence-electron chi connectivity index (χ3n) is 4.76. The predicted octanol–water partition coefficient (Wildman–Crippen LogP) is 5.49. The Balaban J connectivity index is 2.54. The second-order valence-electron chi connectivity index (χ2n) is 7.19. The first-order valence-electron chi connectivity index (χ1n) is 8.83. The summed E-state index contributed by atoms with van der Waals surface area (Å²) in [6.07, 6.45) is 1.99. The molecule has 3 nitrogen and oxygen atoms in total. The molecule has 2 rings (SSSR count). The Hall–Kier alpha value is -1.52. The van der Waals surface area contributed by atoms with Crippen molar-refractivity contribution in [2.24, 2.45) is 5.92 Å². The van der Waals surface area contributed by atoms with Gasteiger partial charge in [0.15, 0.2) is 0 Å². The normalized spacial score (nSPS) is 15.5. The van der Waals surface area contributed by atoms with Crippen molar-refractivity contribution in [3.63, 3.8) is 0 Å². The first kappa shape index (κ1) is 21.8. The lowest BCUT2D eigenvalue weighted by atomic mass is 9.76. The summed E-state index contributed by atoms with van der Waals surface area (Å²) in [7, 11) is 5.62. The number of halogens is 2. The average molecular weight is 408 g/mol. The molecule has 0 aliphatic carbocycles. The third-order valence-corrected chi connectivity index (χ3v) is 5.19. The molecule has 0 fully saturated rings. The topological polar surface area (TPSA) is 32.7 Å². The van der Waals surface area contributed by atoms with Crippen LogP contribution >= 0.6 is 23.2 Å². The lowest BCUT2D eigenvalue weighted by Gasteiger charge is -2.37. The lowest BCUT2D eigenvalue weighted by Crippen LogP contribution is -2.40. The van der Waals surface area contributed by atoms with Crippen LogP contribution in [0.25, 0.3) is 6.08 Å². The largest absolute Gasteiger partial charge is 0.497 e. The van der Waals surface area contributed by atoms with Crippen LogP contribution in [0.2, 0.25) is 10.0 Å². The van der Waals surface area contributed by atoms with Gasteiger partial charge in [0.1, 0.15) is 11.4 Å². The van der Waals surface area contributed by atoms with Crippen molar-refractivity contribution in [3.05, 3.63) is 69.2 Å². The maximum Gasteiger partial charge on any atom is 0.118 e. The van der Waals surface area contributed by atoms with E-state index in [2.05, 4.69) is 4.90 Å². The Labute approximate surface area is 172 Å². The van der Waals surface area contributed by atoms with E-state index in [1.54, 1.807) is 25.3 Å². The van der Waals surface area contributed by atoms with Crippen LogP contribution in [0.4, 0.5) is 0 Å². The highest BCUT2D eigenvalue weighted by Gasteiger charge is 2.38. The van der Waals surface area contributed by atoms with E-state index in [1.165, 1.54) is 0 Å². The molecule has 2 unspecified atom stereocenters. The Morgan fingerprint density at radius 1 is 1.15 bits per heavy atom. The summed E-state index contributed by atoms with van der Waals surface area (Å²) in [5.74, 6) is 0.708. The zero-order valence-corrected chi connectivity index (χ0v) is 18.0. The van der Waals surface area contributed by atoms with Gasteiger partial charge in [-0.2, -0.15) is 0 Å². The van der Waals surface area contributed by atoms with Crippen LogP contribution in [-0.2, 0) is 5.60 Å². The summed E-state index contributed by atoms with van der Waals surface area (Å²) >= 11 is 12.5. The van der Waals surface area contributed by atoms with Crippen LogP contribution in [0.3, 0.4) is 0 Å². The molecular formula is C22H27Cl2NO2. The van der Waals surface area contributed by atoms with E-state index in [0.717, 1.165) is 16.9 Å². The van der Waals surface area contributed by atoms with E-state index < -0.39 is 5.60 Å². The first-order valence-corrected chi connectivity index (χ1v) is 9.59. The SMILES string of the molecule is COc1ccc(C=C(C)C(O)(c2cc(Cl)cc(Cl)c2)C(C)CN(C)C)cc1. The van der Waals surface area contributed by atoms with Crippen molar-refractivity contribution in [1.29, 1.82) is 0 Å². The molecule has 0 aromatic heterocycles. The van der Waals surface area contributed by atoms with Gasteiger partial charge in [0, 0.05) is 22.5 Å². The van der Waals surface area contributed by atoms with Crippen molar-refractivity contribution < 1.29 is 9.84 Å². The summed E-state index contributed by atoms with van der Waals surface area (Å²) in [4.78, 5) is 2.06. The molecule has 1 N–H and O–H groups in total. The van der Waals surface area contributed by atoms with Gasteiger partial charge < -0.3 is 14.7 Å². The standard InChI is InChI=1S/C22H27Cl2NO2/c1-15(10-17-6-8-21(27-5)9-7-17)22(26,16(2)14-25(3)4)18-11-19(23)13-20(24)12-18/h6-13,16,26H,14H2,1-5H3. The number of nitrogens with zero attached hydrogens (tertiary/aromatic N) is 1. The van der Waals surface area contributed by atoms with E-state index in [0.29, 0.717) is 22.2 Å². The number of methoxy groups -OCH3 is 1. The van der Waals surface area contributed by atoms with Crippen LogP contribution in [0.5, 0.6) is 5.75 Å². The van der Waals surface area contributed by atoms with Gasteiger partial charge in [-0.15, -0.1) is 0 Å². The first-order chi connectivity index (χ1) is 12.7. The zero-order valence-electron chi connectivity index (χ0n) is 16.5. The minimum absolute atomic E-state index is 0.0865. The molecule has 146 valence electrons. The summed E-state index contributed by atoms with van der Waals surface area (Å²) in [6, 6.07) is 13.0. The number of hydrogen-bond donors (Lipinski definition) is 1. The van der Waals surface area contributed by atoms with Crippen LogP contribution in [0, 0.1) is 5.92 Å². The summed E-state index contributed by atoms with van der Waals surface area (Å²) < 4.78 is 5.21. The molecule has 0 saturated heterocycles. The Bertz CT molecular complexity index is 782. The Morgan fingerprint density at radius 2 is 1.70 bits per heavy atom. The Morgan fingerprint density at radius 3 is 2.19 bits per heavy atom. The maximum atomic E-state index is 11.8. The molecule has 0 spiro atoms. The smallest absolute Gasteiger partial charge is 0.118 e. The van der Waals surface area contributed by atoms with Gasteiger partial charge in [-0.3, -0.25) is 0 Å². The number of rotatable bonds is 7. The molecule has 0 aliphatic rings. The van der Waals surface area contributed by atoms with Gasteiger partial charge in [0.25, 0.3) is 0 Å². The summed E-state index contributed by atoms with van der Waals surface area (Å²) in [5.41, 5.74) is 1.28. The van der Waals surface area contributed by atoms with Gasteiger partial charge in [-0.05, 0) is 68.1 Å². The number of ether oxygens (including phenoxy) is 1. The van der Waals surface area contributed by atoms with E-state index in [-0.39, 0.29) is 5.92 Å². The molecule has 0 saturated carbocycles. The molecule has 0 heterocycles. The average Bonchev–Trinajstić information content (AvgIpc) is 2.60. The fourth-order valence-corrected chi connectivity index (χ4v) is 3.94. The monoisotopic (exact) mass is 407 g/mol. The number of hydrogen-bond acceptors (Lipinski definition) is 3. The van der Waals surface area contributed by atoms with E-state index >= 15 is 0 Å². The molecule has 0 aliphatic heterocycles. The van der Waals surface area contributed by atoms with Crippen molar-refractivity contribution in [2.45, 2.75) is 19.4 Å². The number of aliphatic hydroxyl groups is 1. The van der Waals surface area contributed by atoms with Crippen molar-refractivity contribution >= 4 is 29.3 Å². The van der Waals surface area contributed by atoms with Gasteiger partial charge in [0.05, 0.1) is 7.11 Å². The van der Waals surface area contributed by atoms with Crippen LogP contribution in [-0.4, -0.2) is 37.8 Å². The minimum Gasteiger partial charge on any atom is -0.497 e. The fourth-order valence-electron chi connectivity index (χ4n) is 3.41. The van der Waals surface area contributed by atoms with E-state index in [9.17, 15) is 5.11 Å². The van der Waals surface area contributed by atoms with E-state index in [4.69, 9.17) is 27.9 Å². The van der Waals surface area contributed by atoms with Crippen LogP contribution < -0.4 is 4.74 Å². The third kappa shape index (κ3) is 5.26. The van der Waals surface area contributed by atoms with Gasteiger partial charge in [-0.25, -0.2) is 0 Å². The quantitative estimate of drug-likeness (QED) is 0.658. The van der Waals surface area contributed by atoms with Crippen LogP contribution in [0.1, 0.15) is 25.0 Å². The lowest BCUT2D eigenvalue weighted by molar-refractivity contribution is 0.0105. The fraction of sp³-hybridized carbons (Fsp3) is 0.364. The predicted molar refractivity (Wildman–Crippen MR) is 115 cm³/mol. The van der Waals surface area contributed by atoms with Gasteiger partial charge in [0.2, 0.25) is 0 Å². The van der Waals surface area contributed by atoms with Crippen LogP contribution in [0.15, 0.2) is 48.0 Å². The highest BCUT2D eigenvalue weighted by Crippen LogP contribution is 2.40. The molecule has 2 aromatic rings. The summed E-state index contributed by atoms with van der Waals surface area (Å²) in [6.45, 7) is 4.67. The van der Waals surface area contributed by atoms with Crippen molar-refractivity contribution in [2.75, 3.05) is 27.7 Å². The minimum atomic E-state index is -1.21. The van der Waals surface area contributed by atoms with Gasteiger partial charge in [-0.1, -0.05) is 48.3 Å². The maximum absolute atomic E-state index is 11.8. The molecule has 0 radical (unpaired) electrons. The number of benzene rings is 2. The molecule has 5 heteroatoms. The summed E-state index contributed by atoms with van der Waals surface area (Å²) in [5, 5.41) is 12.9.